The Hall–Kier alpha value is -0.280. The minimum atomic E-state index is 0.590. The Morgan fingerprint density at radius 1 is 1.44 bits per heavy atom. The van der Waals surface area contributed by atoms with Crippen LogP contribution in [0.2, 0.25) is 0 Å². The summed E-state index contributed by atoms with van der Waals surface area (Å²) in [7, 11) is 0. The minimum Gasteiger partial charge on any atom is -0.192 e. The number of pyridine rings is 1. The Labute approximate surface area is 126 Å². The van der Waals surface area contributed by atoms with Crippen molar-refractivity contribution in [3.05, 3.63) is 22.9 Å². The summed E-state index contributed by atoms with van der Waals surface area (Å²) in [4.78, 5) is 0. The largest absolute Gasteiger partial charge is 0.259 e. The fraction of sp³-hybridized carbons (Fsp3) is 0.571. The summed E-state index contributed by atoms with van der Waals surface area (Å²) in [6.07, 6.45) is 3.93. The Morgan fingerprint density at radius 3 is 2.94 bits per heavy atom. The van der Waals surface area contributed by atoms with Gasteiger partial charge in [-0.05, 0) is 37.1 Å². The molecule has 1 aromatic heterocycles. The van der Waals surface area contributed by atoms with Gasteiger partial charge in [-0.1, -0.05) is 29.0 Å². The van der Waals surface area contributed by atoms with E-state index in [-0.39, 0.29) is 0 Å². The van der Waals surface area contributed by atoms with Crippen molar-refractivity contribution in [1.29, 1.82) is 5.26 Å². The Morgan fingerprint density at radius 2 is 2.22 bits per heavy atom. The van der Waals surface area contributed by atoms with Crippen molar-refractivity contribution in [3.63, 3.8) is 0 Å². The number of halogens is 1. The topological polar surface area (TPSA) is 27.7 Å². The van der Waals surface area contributed by atoms with Gasteiger partial charge in [0.25, 0.3) is 5.03 Å². The third kappa shape index (κ3) is 1.78. The highest BCUT2D eigenvalue weighted by molar-refractivity contribution is 14.1. The Balaban J connectivity index is 2.20. The number of hydrogen-bond donors (Lipinski definition) is 0. The van der Waals surface area contributed by atoms with Gasteiger partial charge >= 0.3 is 0 Å². The molecular formula is C14H16IN2S+. The molecular weight excluding hydrogens is 355 g/mol. The van der Waals surface area contributed by atoms with E-state index < -0.39 is 0 Å². The second-order valence-corrected chi connectivity index (χ2v) is 8.05. The first-order valence-electron chi connectivity index (χ1n) is 6.40. The predicted octanol–water partition coefficient (Wildman–Crippen LogP) is 3.47. The first-order valence-corrected chi connectivity index (χ1v) is 8.52. The number of aryl methyl sites for hydroxylation is 2. The second-order valence-electron chi connectivity index (χ2n) is 5.22. The van der Waals surface area contributed by atoms with Gasteiger partial charge < -0.3 is 0 Å². The number of nitrogens with zero attached hydrogens (tertiary/aromatic N) is 2. The molecule has 0 N–H and O–H groups in total. The highest BCUT2D eigenvalue weighted by atomic mass is 127. The first kappa shape index (κ1) is 12.7. The summed E-state index contributed by atoms with van der Waals surface area (Å²) in [6.45, 7) is 4.23. The van der Waals surface area contributed by atoms with E-state index >= 15 is 0 Å². The van der Waals surface area contributed by atoms with Crippen LogP contribution in [0.4, 0.5) is 0 Å². The van der Waals surface area contributed by atoms with Crippen molar-refractivity contribution in [3.8, 4) is 6.07 Å². The molecule has 0 amide bonds. The molecule has 0 unspecified atom stereocenters. The third-order valence-corrected chi connectivity index (χ3v) is 6.83. The van der Waals surface area contributed by atoms with E-state index in [0.717, 1.165) is 11.1 Å². The quantitative estimate of drug-likeness (QED) is 0.397. The molecule has 2 aliphatic rings. The van der Waals surface area contributed by atoms with E-state index in [1.54, 1.807) is 0 Å². The molecule has 1 fully saturated rings. The van der Waals surface area contributed by atoms with Crippen LogP contribution in [0.3, 0.4) is 0 Å². The lowest BCUT2D eigenvalue weighted by Crippen LogP contribution is -2.49. The van der Waals surface area contributed by atoms with E-state index in [9.17, 15) is 5.26 Å². The molecule has 18 heavy (non-hydrogen) atoms. The summed E-state index contributed by atoms with van der Waals surface area (Å²) in [5.41, 5.74) is 3.33. The molecule has 1 saturated carbocycles. The number of nitriles is 1. The molecule has 3 atom stereocenters. The maximum absolute atomic E-state index is 9.39. The number of thioether (sulfide) groups is 1. The van der Waals surface area contributed by atoms with Gasteiger partial charge in [-0.3, -0.25) is 0 Å². The van der Waals surface area contributed by atoms with E-state index in [2.05, 4.69) is 53.1 Å². The van der Waals surface area contributed by atoms with Crippen LogP contribution >= 0.6 is 34.4 Å². The summed E-state index contributed by atoms with van der Waals surface area (Å²) in [5.74, 6) is 0. The SMILES string of the molecule is Cc1cc(C)[n+]2c(c1C#N)S[C@@H]1CCC[C@@H](I)[C@@H]12. The van der Waals surface area contributed by atoms with Crippen LogP contribution in [0, 0.1) is 25.2 Å². The number of rotatable bonds is 0. The normalized spacial score (nSPS) is 29.6. The fourth-order valence-electron chi connectivity index (χ4n) is 3.22. The van der Waals surface area contributed by atoms with Crippen molar-refractivity contribution in [2.75, 3.05) is 0 Å². The molecule has 0 bridgehead atoms. The second kappa shape index (κ2) is 4.68. The maximum Gasteiger partial charge on any atom is 0.259 e. The zero-order valence-electron chi connectivity index (χ0n) is 10.6. The predicted molar refractivity (Wildman–Crippen MR) is 81.2 cm³/mol. The average molecular weight is 371 g/mol. The van der Waals surface area contributed by atoms with Crippen molar-refractivity contribution >= 4 is 34.4 Å². The number of alkyl halides is 1. The molecule has 4 heteroatoms. The van der Waals surface area contributed by atoms with Crippen LogP contribution < -0.4 is 4.57 Å². The molecule has 2 heterocycles. The van der Waals surface area contributed by atoms with E-state index in [1.807, 2.05) is 11.8 Å². The smallest absolute Gasteiger partial charge is 0.192 e. The lowest BCUT2D eigenvalue weighted by Gasteiger charge is -2.25. The van der Waals surface area contributed by atoms with Crippen LogP contribution in [0.15, 0.2) is 11.1 Å². The Kier molecular flexibility index (Phi) is 3.31. The van der Waals surface area contributed by atoms with Crippen LogP contribution in [0.5, 0.6) is 0 Å². The van der Waals surface area contributed by atoms with E-state index in [0.29, 0.717) is 15.2 Å². The molecule has 1 aromatic rings. The molecule has 0 aromatic carbocycles. The summed E-state index contributed by atoms with van der Waals surface area (Å²) >= 11 is 4.54. The molecule has 3 rings (SSSR count). The lowest BCUT2D eigenvalue weighted by atomic mass is 9.94. The van der Waals surface area contributed by atoms with Crippen LogP contribution in [-0.2, 0) is 0 Å². The molecule has 0 spiro atoms. The summed E-state index contributed by atoms with van der Waals surface area (Å²) in [5, 5.41) is 11.3. The van der Waals surface area contributed by atoms with Crippen LogP contribution in [0.25, 0.3) is 0 Å². The van der Waals surface area contributed by atoms with Crippen molar-refractivity contribution in [1.82, 2.24) is 0 Å². The number of aromatic nitrogens is 1. The molecule has 0 radical (unpaired) electrons. The molecule has 0 saturated heterocycles. The maximum atomic E-state index is 9.39. The van der Waals surface area contributed by atoms with Gasteiger partial charge in [0.1, 0.15) is 11.6 Å². The van der Waals surface area contributed by atoms with Crippen LogP contribution in [0.1, 0.15) is 42.1 Å². The average Bonchev–Trinajstić information content (AvgIpc) is 2.70. The molecule has 2 nitrogen and oxygen atoms in total. The fourth-order valence-corrected chi connectivity index (χ4v) is 6.49. The highest BCUT2D eigenvalue weighted by Gasteiger charge is 2.49. The lowest BCUT2D eigenvalue weighted by molar-refractivity contribution is -0.755. The number of fused-ring (bicyclic) bond motifs is 3. The molecule has 1 aliphatic carbocycles. The highest BCUT2D eigenvalue weighted by Crippen LogP contribution is 2.46. The Bertz CT molecular complexity index is 550. The van der Waals surface area contributed by atoms with Gasteiger partial charge in [-0.15, -0.1) is 0 Å². The zero-order chi connectivity index (χ0) is 12.9. The van der Waals surface area contributed by atoms with Gasteiger partial charge in [0, 0.05) is 13.0 Å². The minimum absolute atomic E-state index is 0.590. The number of hydrogen-bond acceptors (Lipinski definition) is 2. The summed E-state index contributed by atoms with van der Waals surface area (Å²) in [6, 6.07) is 5.16. The van der Waals surface area contributed by atoms with Gasteiger partial charge in [-0.25, -0.2) is 0 Å². The summed E-state index contributed by atoms with van der Waals surface area (Å²) < 4.78 is 3.14. The first-order chi connectivity index (χ1) is 8.63. The van der Waals surface area contributed by atoms with Crippen molar-refractivity contribution in [2.45, 2.75) is 53.4 Å². The van der Waals surface area contributed by atoms with Crippen molar-refractivity contribution in [2.24, 2.45) is 0 Å². The van der Waals surface area contributed by atoms with Gasteiger partial charge in [-0.2, -0.15) is 9.83 Å². The molecule has 1 aliphatic heterocycles. The standard InChI is InChI=1S/C14H16IN2S/c1-8-6-9(2)17-13-11(15)4-3-5-12(13)18-14(17)10(8)7-16/h6,11-13H,3-5H2,1-2H3/q+1/t11-,12-,13+/m1/s1. The van der Waals surface area contributed by atoms with Gasteiger partial charge in [0.2, 0.25) is 0 Å². The van der Waals surface area contributed by atoms with Crippen molar-refractivity contribution < 1.29 is 4.57 Å². The zero-order valence-corrected chi connectivity index (χ0v) is 13.6. The van der Waals surface area contributed by atoms with Gasteiger partial charge in [0.05, 0.1) is 9.17 Å². The molecule has 94 valence electrons. The van der Waals surface area contributed by atoms with Crippen LogP contribution in [-0.4, -0.2) is 9.17 Å². The van der Waals surface area contributed by atoms with Gasteiger partial charge in [0.15, 0.2) is 11.7 Å². The monoisotopic (exact) mass is 371 g/mol. The third-order valence-electron chi connectivity index (χ3n) is 4.03. The van der Waals surface area contributed by atoms with E-state index in [4.69, 9.17) is 0 Å². The van der Waals surface area contributed by atoms with E-state index in [1.165, 1.54) is 30.0 Å².